The summed E-state index contributed by atoms with van der Waals surface area (Å²) < 4.78 is 4.27. The molecule has 0 spiro atoms. The fourth-order valence-electron chi connectivity index (χ4n) is 0.174. The summed E-state index contributed by atoms with van der Waals surface area (Å²) >= 11 is 0. The van der Waals surface area contributed by atoms with Gasteiger partial charge in [-0.15, -0.1) is 13.2 Å². The Balaban J connectivity index is -0.000000166. The summed E-state index contributed by atoms with van der Waals surface area (Å²) in [5.41, 5.74) is 0.609. The number of aliphatic carboxylic acids is 1. The van der Waals surface area contributed by atoms with Crippen molar-refractivity contribution in [2.24, 2.45) is 0 Å². The minimum absolute atomic E-state index is 0.176. The first-order valence-corrected chi connectivity index (χ1v) is 3.95. The predicted octanol–water partition coefficient (Wildman–Crippen LogP) is 2.18. The molecule has 0 saturated heterocycles. The first kappa shape index (κ1) is 18.9. The highest BCUT2D eigenvalue weighted by Crippen LogP contribution is 1.87. The van der Waals surface area contributed by atoms with Crippen LogP contribution in [0, 0.1) is 0 Å². The van der Waals surface area contributed by atoms with E-state index in [0.717, 1.165) is 0 Å². The summed E-state index contributed by atoms with van der Waals surface area (Å²) in [5.74, 6) is -1.28. The molecular weight excluding hydrogens is 196 g/mol. The Bertz CT molecular complexity index is 229. The van der Waals surface area contributed by atoms with E-state index in [1.807, 2.05) is 0 Å². The molecule has 4 nitrogen and oxygen atoms in total. The van der Waals surface area contributed by atoms with Crippen LogP contribution in [0.25, 0.3) is 0 Å². The number of rotatable bonds is 2. The zero-order chi connectivity index (χ0) is 13.0. The van der Waals surface area contributed by atoms with E-state index in [1.54, 1.807) is 6.92 Å². The lowest BCUT2D eigenvalue weighted by molar-refractivity contribution is -0.136. The molecule has 15 heavy (non-hydrogen) atoms. The third-order valence-corrected chi connectivity index (χ3v) is 0.899. The van der Waals surface area contributed by atoms with Crippen LogP contribution in [0.4, 0.5) is 0 Å². The summed E-state index contributed by atoms with van der Waals surface area (Å²) in [6, 6.07) is 0. The van der Waals surface area contributed by atoms with Crippen LogP contribution >= 0.6 is 0 Å². The maximum absolute atomic E-state index is 10.2. The fraction of sp³-hybridized carbons (Fsp3) is 0.273. The second-order valence-electron chi connectivity index (χ2n) is 2.36. The number of hydrogen-bond acceptors (Lipinski definition) is 3. The Morgan fingerprint density at radius 2 is 1.33 bits per heavy atom. The van der Waals surface area contributed by atoms with Crippen LogP contribution in [-0.4, -0.2) is 24.2 Å². The van der Waals surface area contributed by atoms with Crippen molar-refractivity contribution in [3.8, 4) is 0 Å². The van der Waals surface area contributed by atoms with Gasteiger partial charge >= 0.3 is 11.9 Å². The molecule has 0 aliphatic rings. The number of esters is 1. The summed E-state index contributed by atoms with van der Waals surface area (Å²) in [5, 5.41) is 7.89. The van der Waals surface area contributed by atoms with Gasteiger partial charge in [0.2, 0.25) is 0 Å². The van der Waals surface area contributed by atoms with Crippen molar-refractivity contribution >= 4 is 11.9 Å². The lowest BCUT2D eigenvalue weighted by Crippen LogP contribution is -1.98. The molecule has 0 aliphatic heterocycles. The molecule has 0 aromatic heterocycles. The highest BCUT2D eigenvalue weighted by molar-refractivity contribution is 5.86. The van der Waals surface area contributed by atoms with E-state index in [2.05, 4.69) is 31.1 Å². The maximum Gasteiger partial charge on any atom is 0.332 e. The summed E-state index contributed by atoms with van der Waals surface area (Å²) in [6.45, 7) is 15.6. The Labute approximate surface area is 90.6 Å². The standard InChI is InChI=1S/C5H8O2.C4H6O2.C2H4/c1-4(2)5(6)7-3;1-3(2)4(5)6;1-2/h1H2,2-3H3;1H2,2H3,(H,5,6);1-2H2. The first-order chi connectivity index (χ1) is 6.82. The number of carboxylic acid groups (broad SMARTS) is 1. The summed E-state index contributed by atoms with van der Waals surface area (Å²) in [6.07, 6.45) is 0. The predicted molar refractivity (Wildman–Crippen MR) is 60.5 cm³/mol. The van der Waals surface area contributed by atoms with Crippen LogP contribution in [0.2, 0.25) is 0 Å². The van der Waals surface area contributed by atoms with Gasteiger partial charge in [-0.25, -0.2) is 9.59 Å². The van der Waals surface area contributed by atoms with Crippen LogP contribution in [0.5, 0.6) is 0 Å². The van der Waals surface area contributed by atoms with Crippen molar-refractivity contribution in [2.75, 3.05) is 7.11 Å². The second kappa shape index (κ2) is 12.2. The quantitative estimate of drug-likeness (QED) is 0.434. The summed E-state index contributed by atoms with van der Waals surface area (Å²) in [4.78, 5) is 19.8. The Morgan fingerprint density at radius 3 is 1.33 bits per heavy atom. The average Bonchev–Trinajstić information content (AvgIpc) is 2.20. The molecule has 0 heterocycles. The molecule has 0 unspecified atom stereocenters. The number of carbonyl (C=O) groups excluding carboxylic acids is 1. The number of methoxy groups -OCH3 is 1. The smallest absolute Gasteiger partial charge is 0.332 e. The van der Waals surface area contributed by atoms with Gasteiger partial charge < -0.3 is 9.84 Å². The Hall–Kier alpha value is -1.84. The largest absolute Gasteiger partial charge is 0.478 e. The molecule has 0 fully saturated rings. The van der Waals surface area contributed by atoms with Crippen molar-refractivity contribution < 1.29 is 19.4 Å². The van der Waals surface area contributed by atoms with Crippen LogP contribution < -0.4 is 0 Å². The van der Waals surface area contributed by atoms with Crippen molar-refractivity contribution in [2.45, 2.75) is 13.8 Å². The second-order valence-corrected chi connectivity index (χ2v) is 2.36. The molecule has 0 rings (SSSR count). The monoisotopic (exact) mass is 214 g/mol. The van der Waals surface area contributed by atoms with Crippen LogP contribution in [0.1, 0.15) is 13.8 Å². The van der Waals surface area contributed by atoms with Gasteiger partial charge in [-0.3, -0.25) is 0 Å². The van der Waals surface area contributed by atoms with Crippen molar-refractivity contribution in [1.29, 1.82) is 0 Å². The Morgan fingerprint density at radius 1 is 1.07 bits per heavy atom. The molecule has 0 bridgehead atoms. The van der Waals surface area contributed by atoms with Crippen LogP contribution in [0.15, 0.2) is 37.5 Å². The molecule has 0 aromatic carbocycles. The molecule has 4 heteroatoms. The first-order valence-electron chi connectivity index (χ1n) is 3.95. The van der Waals surface area contributed by atoms with Crippen LogP contribution in [-0.2, 0) is 14.3 Å². The zero-order valence-electron chi connectivity index (χ0n) is 9.50. The van der Waals surface area contributed by atoms with Gasteiger partial charge in [0.15, 0.2) is 0 Å². The van der Waals surface area contributed by atoms with E-state index in [-0.39, 0.29) is 11.5 Å². The molecule has 0 amide bonds. The minimum atomic E-state index is -0.935. The van der Waals surface area contributed by atoms with Gasteiger partial charge in [0.05, 0.1) is 7.11 Å². The molecule has 1 N–H and O–H groups in total. The highest BCUT2D eigenvalue weighted by atomic mass is 16.5. The van der Waals surface area contributed by atoms with E-state index in [1.165, 1.54) is 14.0 Å². The SMILES string of the molecule is C=C.C=C(C)C(=O)O.C=C(C)C(=O)OC. The number of hydrogen-bond donors (Lipinski definition) is 1. The van der Waals surface area contributed by atoms with Gasteiger partial charge in [0, 0.05) is 11.1 Å². The molecule has 0 saturated carbocycles. The van der Waals surface area contributed by atoms with Gasteiger partial charge in [-0.2, -0.15) is 0 Å². The van der Waals surface area contributed by atoms with E-state index >= 15 is 0 Å². The lowest BCUT2D eigenvalue weighted by Gasteiger charge is -1.91. The average molecular weight is 214 g/mol. The van der Waals surface area contributed by atoms with E-state index in [0.29, 0.717) is 5.57 Å². The van der Waals surface area contributed by atoms with E-state index in [9.17, 15) is 9.59 Å². The number of carboxylic acids is 1. The third-order valence-electron chi connectivity index (χ3n) is 0.899. The topological polar surface area (TPSA) is 63.6 Å². The highest BCUT2D eigenvalue weighted by Gasteiger charge is 1.95. The van der Waals surface area contributed by atoms with Crippen molar-refractivity contribution in [3.63, 3.8) is 0 Å². The summed E-state index contributed by atoms with van der Waals surface area (Å²) in [7, 11) is 1.33. The van der Waals surface area contributed by atoms with Gasteiger partial charge in [-0.1, -0.05) is 13.2 Å². The van der Waals surface area contributed by atoms with Crippen molar-refractivity contribution in [1.82, 2.24) is 0 Å². The third kappa shape index (κ3) is 18.9. The lowest BCUT2D eigenvalue weighted by atomic mass is 10.4. The van der Waals surface area contributed by atoms with Gasteiger partial charge in [0.25, 0.3) is 0 Å². The number of ether oxygens (including phenoxy) is 1. The van der Waals surface area contributed by atoms with Crippen molar-refractivity contribution in [3.05, 3.63) is 37.5 Å². The van der Waals surface area contributed by atoms with Crippen LogP contribution in [0.3, 0.4) is 0 Å². The molecule has 0 atom stereocenters. The molecule has 0 radical (unpaired) electrons. The van der Waals surface area contributed by atoms with Gasteiger partial charge in [-0.05, 0) is 13.8 Å². The fourth-order valence-corrected chi connectivity index (χ4v) is 0.174. The normalized spacial score (nSPS) is 6.87. The van der Waals surface area contributed by atoms with E-state index in [4.69, 9.17) is 5.11 Å². The molecule has 86 valence electrons. The van der Waals surface area contributed by atoms with Gasteiger partial charge in [0.1, 0.15) is 0 Å². The molecule has 0 aliphatic carbocycles. The van der Waals surface area contributed by atoms with E-state index < -0.39 is 5.97 Å². The molecule has 0 aromatic rings. The minimum Gasteiger partial charge on any atom is -0.478 e. The number of carbonyl (C=O) groups is 2. The molecular formula is C11H18O4. The maximum atomic E-state index is 10.2. The zero-order valence-corrected chi connectivity index (χ0v) is 9.50. The Kier molecular flexibility index (Phi) is 15.3.